The van der Waals surface area contributed by atoms with Crippen LogP contribution in [0.1, 0.15) is 0 Å². The number of hydrogen-bond donors (Lipinski definition) is 0. The molecule has 0 bridgehead atoms. The number of benzene rings is 2. The second-order valence-corrected chi connectivity index (χ2v) is 5.84. The predicted octanol–water partition coefficient (Wildman–Crippen LogP) is 4.29. The van der Waals surface area contributed by atoms with Crippen LogP contribution in [0.15, 0.2) is 59.3 Å². The Morgan fingerprint density at radius 3 is 2.25 bits per heavy atom. The van der Waals surface area contributed by atoms with Crippen molar-refractivity contribution in [1.82, 2.24) is 25.4 Å². The lowest BCUT2D eigenvalue weighted by molar-refractivity contribution is 0.432. The average Bonchev–Trinajstić information content (AvgIpc) is 3.25. The number of tetrazole rings is 1. The van der Waals surface area contributed by atoms with Gasteiger partial charge in [0.05, 0.1) is 17.4 Å². The molecule has 0 saturated carbocycles. The Balaban J connectivity index is 1.82. The van der Waals surface area contributed by atoms with Gasteiger partial charge in [0.2, 0.25) is 0 Å². The van der Waals surface area contributed by atoms with Crippen molar-refractivity contribution >= 4 is 23.2 Å². The molecule has 0 radical (unpaired) electrons. The van der Waals surface area contributed by atoms with E-state index < -0.39 is 0 Å². The molecule has 0 fully saturated rings. The molecule has 6 nitrogen and oxygen atoms in total. The highest BCUT2D eigenvalue weighted by molar-refractivity contribution is 6.30. The van der Waals surface area contributed by atoms with E-state index in [-0.39, 0.29) is 0 Å². The maximum Gasteiger partial charge on any atom is 0.192 e. The Morgan fingerprint density at radius 2 is 1.54 bits per heavy atom. The lowest BCUT2D eigenvalue weighted by Crippen LogP contribution is -1.99. The first-order chi connectivity index (χ1) is 11.7. The maximum atomic E-state index is 5.94. The lowest BCUT2D eigenvalue weighted by atomic mass is 10.1. The van der Waals surface area contributed by atoms with Crippen LogP contribution in [-0.4, -0.2) is 25.4 Å². The molecule has 4 aromatic rings. The van der Waals surface area contributed by atoms with Gasteiger partial charge in [0.15, 0.2) is 11.6 Å². The Hall–Kier alpha value is -2.70. The predicted molar refractivity (Wildman–Crippen MR) is 90.1 cm³/mol. The monoisotopic (exact) mass is 357 g/mol. The van der Waals surface area contributed by atoms with E-state index in [0.29, 0.717) is 27.2 Å². The van der Waals surface area contributed by atoms with Crippen LogP contribution in [0.5, 0.6) is 0 Å². The fourth-order valence-electron chi connectivity index (χ4n) is 2.32. The van der Waals surface area contributed by atoms with Gasteiger partial charge in [0.1, 0.15) is 0 Å². The van der Waals surface area contributed by atoms with Crippen LogP contribution in [0.4, 0.5) is 0 Å². The van der Waals surface area contributed by atoms with E-state index in [1.807, 2.05) is 24.3 Å². The summed E-state index contributed by atoms with van der Waals surface area (Å²) in [4.78, 5) is 0. The minimum Gasteiger partial charge on any atom is -0.356 e. The first-order valence-corrected chi connectivity index (χ1v) is 7.73. The highest BCUT2D eigenvalue weighted by Crippen LogP contribution is 2.32. The molecule has 0 aliphatic heterocycles. The molecule has 8 heteroatoms. The summed E-state index contributed by atoms with van der Waals surface area (Å²) in [6.07, 6.45) is 1.59. The van der Waals surface area contributed by atoms with Crippen molar-refractivity contribution in [2.75, 3.05) is 0 Å². The molecular formula is C16H9Cl2N5O. The average molecular weight is 358 g/mol. The van der Waals surface area contributed by atoms with Crippen molar-refractivity contribution in [3.05, 3.63) is 64.8 Å². The van der Waals surface area contributed by atoms with Crippen LogP contribution >= 0.6 is 23.2 Å². The molecule has 2 heterocycles. The molecular weight excluding hydrogens is 349 g/mol. The quantitative estimate of drug-likeness (QED) is 0.546. The van der Waals surface area contributed by atoms with E-state index in [0.717, 1.165) is 11.3 Å². The number of nitrogens with zero attached hydrogens (tertiary/aromatic N) is 5. The molecule has 0 amide bonds. The maximum absolute atomic E-state index is 5.94. The Labute approximate surface area is 146 Å². The van der Waals surface area contributed by atoms with Crippen molar-refractivity contribution < 1.29 is 4.52 Å². The van der Waals surface area contributed by atoms with Gasteiger partial charge in [-0.15, -0.1) is 5.10 Å². The molecule has 2 aromatic carbocycles. The fraction of sp³-hybridized carbons (Fsp3) is 0. The fourth-order valence-corrected chi connectivity index (χ4v) is 2.57. The van der Waals surface area contributed by atoms with Gasteiger partial charge in [-0.3, -0.25) is 0 Å². The topological polar surface area (TPSA) is 69.6 Å². The van der Waals surface area contributed by atoms with Crippen molar-refractivity contribution in [3.8, 4) is 28.4 Å². The molecule has 0 unspecified atom stereocenters. The molecule has 0 aliphatic rings. The van der Waals surface area contributed by atoms with Gasteiger partial charge in [-0.05, 0) is 59.0 Å². The van der Waals surface area contributed by atoms with E-state index >= 15 is 0 Å². The van der Waals surface area contributed by atoms with E-state index in [2.05, 4.69) is 20.7 Å². The molecule has 0 atom stereocenters. The van der Waals surface area contributed by atoms with Crippen molar-refractivity contribution in [1.29, 1.82) is 0 Å². The Morgan fingerprint density at radius 1 is 0.875 bits per heavy atom. The van der Waals surface area contributed by atoms with Crippen molar-refractivity contribution in [2.24, 2.45) is 0 Å². The van der Waals surface area contributed by atoms with E-state index in [4.69, 9.17) is 27.7 Å². The molecule has 0 aliphatic carbocycles. The van der Waals surface area contributed by atoms with Crippen molar-refractivity contribution in [3.63, 3.8) is 0 Å². The van der Waals surface area contributed by atoms with Gasteiger partial charge >= 0.3 is 0 Å². The standard InChI is InChI=1S/C16H9Cl2N5O/c17-11-3-1-10(2-4-11)15-14(9-19-24-15)16-20-21-22-23(16)13-7-5-12(18)6-8-13/h1-9H. The molecule has 2 aromatic heterocycles. The zero-order valence-corrected chi connectivity index (χ0v) is 13.6. The molecule has 24 heavy (non-hydrogen) atoms. The van der Waals surface area contributed by atoms with Gasteiger partial charge in [0, 0.05) is 15.6 Å². The summed E-state index contributed by atoms with van der Waals surface area (Å²) < 4.78 is 7.00. The first-order valence-electron chi connectivity index (χ1n) is 6.98. The van der Waals surface area contributed by atoms with Gasteiger partial charge in [-0.25, -0.2) is 0 Å². The second-order valence-electron chi connectivity index (χ2n) is 4.97. The van der Waals surface area contributed by atoms with Crippen LogP contribution in [0.2, 0.25) is 10.0 Å². The molecule has 0 spiro atoms. The third kappa shape index (κ3) is 2.66. The highest BCUT2D eigenvalue weighted by Gasteiger charge is 2.19. The summed E-state index contributed by atoms with van der Waals surface area (Å²) in [5.41, 5.74) is 2.29. The van der Waals surface area contributed by atoms with Crippen LogP contribution in [0.25, 0.3) is 28.4 Å². The summed E-state index contributed by atoms with van der Waals surface area (Å²) in [6, 6.07) is 14.5. The number of rotatable bonds is 3. The first kappa shape index (κ1) is 14.9. The third-order valence-electron chi connectivity index (χ3n) is 3.46. The normalized spacial score (nSPS) is 10.9. The van der Waals surface area contributed by atoms with E-state index in [1.54, 1.807) is 35.1 Å². The van der Waals surface area contributed by atoms with E-state index in [1.165, 1.54) is 0 Å². The zero-order chi connectivity index (χ0) is 16.5. The van der Waals surface area contributed by atoms with Crippen LogP contribution in [0, 0.1) is 0 Å². The minimum absolute atomic E-state index is 0.517. The van der Waals surface area contributed by atoms with Gasteiger partial charge in [-0.2, -0.15) is 4.68 Å². The Kier molecular flexibility index (Phi) is 3.76. The lowest BCUT2D eigenvalue weighted by Gasteiger charge is -2.04. The third-order valence-corrected chi connectivity index (χ3v) is 3.96. The molecule has 4 rings (SSSR count). The smallest absolute Gasteiger partial charge is 0.192 e. The van der Waals surface area contributed by atoms with Crippen LogP contribution < -0.4 is 0 Å². The summed E-state index contributed by atoms with van der Waals surface area (Å²) in [6.45, 7) is 0. The minimum atomic E-state index is 0.517. The second kappa shape index (κ2) is 6.07. The van der Waals surface area contributed by atoms with Gasteiger partial charge in [-0.1, -0.05) is 28.4 Å². The number of halogens is 2. The zero-order valence-electron chi connectivity index (χ0n) is 12.1. The molecule has 118 valence electrons. The van der Waals surface area contributed by atoms with Crippen LogP contribution in [-0.2, 0) is 0 Å². The summed E-state index contributed by atoms with van der Waals surface area (Å²) in [7, 11) is 0. The Bertz CT molecular complexity index is 895. The molecule has 0 saturated heterocycles. The SMILES string of the molecule is Clc1ccc(-c2oncc2-c2nnnn2-c2ccc(Cl)cc2)cc1. The molecule has 0 N–H and O–H groups in total. The summed E-state index contributed by atoms with van der Waals surface area (Å²) in [5.74, 6) is 1.08. The summed E-state index contributed by atoms with van der Waals surface area (Å²) >= 11 is 11.9. The summed E-state index contributed by atoms with van der Waals surface area (Å²) in [5, 5.41) is 17.1. The van der Waals surface area contributed by atoms with Crippen LogP contribution in [0.3, 0.4) is 0 Å². The number of aromatic nitrogens is 5. The van der Waals surface area contributed by atoms with E-state index in [9.17, 15) is 0 Å². The number of hydrogen-bond acceptors (Lipinski definition) is 5. The van der Waals surface area contributed by atoms with Crippen molar-refractivity contribution in [2.45, 2.75) is 0 Å². The van der Waals surface area contributed by atoms with Gasteiger partial charge < -0.3 is 4.52 Å². The highest BCUT2D eigenvalue weighted by atomic mass is 35.5. The van der Waals surface area contributed by atoms with Gasteiger partial charge in [0.25, 0.3) is 0 Å². The largest absolute Gasteiger partial charge is 0.356 e.